The first-order valence-corrected chi connectivity index (χ1v) is 8.56. The first kappa shape index (κ1) is 15.0. The van der Waals surface area contributed by atoms with E-state index in [-0.39, 0.29) is 5.91 Å². The summed E-state index contributed by atoms with van der Waals surface area (Å²) >= 11 is 1.43. The molecule has 1 aromatic carbocycles. The molecule has 6 heteroatoms. The van der Waals surface area contributed by atoms with Gasteiger partial charge in [-0.2, -0.15) is 0 Å². The summed E-state index contributed by atoms with van der Waals surface area (Å²) in [5, 5.41) is 0. The van der Waals surface area contributed by atoms with E-state index in [1.165, 1.54) is 11.3 Å². The molecule has 5 nitrogen and oxygen atoms in total. The van der Waals surface area contributed by atoms with E-state index in [4.69, 9.17) is 9.47 Å². The molecular formula is C18H16N2O3S. The molecule has 2 aromatic heterocycles. The van der Waals surface area contributed by atoms with Crippen molar-refractivity contribution in [1.29, 1.82) is 0 Å². The quantitative estimate of drug-likeness (QED) is 0.722. The number of thiophene rings is 1. The normalized spacial score (nSPS) is 13.6. The molecule has 0 radical (unpaired) electrons. The molecule has 1 aliphatic rings. The van der Waals surface area contributed by atoms with Crippen molar-refractivity contribution in [2.24, 2.45) is 0 Å². The zero-order valence-corrected chi connectivity index (χ0v) is 14.0. The molecule has 0 bridgehead atoms. The third kappa shape index (κ3) is 2.69. The smallest absolute Gasteiger partial charge is 0.264 e. The molecule has 0 N–H and O–H groups in total. The SMILES string of the molecule is COc1ccc(Oc2ccnc3cc(C(=O)N4CCC4)sc23)cc1. The van der Waals surface area contributed by atoms with Crippen LogP contribution in [0.1, 0.15) is 16.1 Å². The van der Waals surface area contributed by atoms with Crippen LogP contribution in [0.15, 0.2) is 42.6 Å². The summed E-state index contributed by atoms with van der Waals surface area (Å²) in [7, 11) is 1.63. The van der Waals surface area contributed by atoms with Crippen LogP contribution in [0, 0.1) is 0 Å². The van der Waals surface area contributed by atoms with Gasteiger partial charge in [-0.05, 0) is 36.8 Å². The van der Waals surface area contributed by atoms with E-state index in [0.29, 0.717) is 16.4 Å². The first-order chi connectivity index (χ1) is 11.7. The van der Waals surface area contributed by atoms with Gasteiger partial charge in [0, 0.05) is 25.4 Å². The van der Waals surface area contributed by atoms with Gasteiger partial charge in [-0.3, -0.25) is 9.78 Å². The Hall–Kier alpha value is -2.60. The van der Waals surface area contributed by atoms with Gasteiger partial charge in [0.1, 0.15) is 17.2 Å². The Kier molecular flexibility index (Phi) is 3.82. The predicted molar refractivity (Wildman–Crippen MR) is 93.2 cm³/mol. The van der Waals surface area contributed by atoms with Gasteiger partial charge in [-0.15, -0.1) is 11.3 Å². The van der Waals surface area contributed by atoms with Crippen molar-refractivity contribution < 1.29 is 14.3 Å². The number of benzene rings is 1. The van der Waals surface area contributed by atoms with Crippen molar-refractivity contribution in [2.75, 3.05) is 20.2 Å². The van der Waals surface area contributed by atoms with Gasteiger partial charge < -0.3 is 14.4 Å². The lowest BCUT2D eigenvalue weighted by Crippen LogP contribution is -2.41. The Morgan fingerprint density at radius 2 is 1.92 bits per heavy atom. The van der Waals surface area contributed by atoms with Gasteiger partial charge in [-0.1, -0.05) is 0 Å². The lowest BCUT2D eigenvalue weighted by Gasteiger charge is -2.30. The average molecular weight is 340 g/mol. The van der Waals surface area contributed by atoms with Gasteiger partial charge in [-0.25, -0.2) is 0 Å². The van der Waals surface area contributed by atoms with E-state index in [1.807, 2.05) is 41.3 Å². The lowest BCUT2D eigenvalue weighted by molar-refractivity contribution is 0.0657. The monoisotopic (exact) mass is 340 g/mol. The third-order valence-corrected chi connectivity index (χ3v) is 5.14. The number of aromatic nitrogens is 1. The maximum absolute atomic E-state index is 12.4. The number of carbonyl (C=O) groups is 1. The van der Waals surface area contributed by atoms with Gasteiger partial charge in [0.25, 0.3) is 5.91 Å². The van der Waals surface area contributed by atoms with E-state index < -0.39 is 0 Å². The number of methoxy groups -OCH3 is 1. The number of hydrogen-bond donors (Lipinski definition) is 0. The molecule has 0 saturated carbocycles. The Balaban J connectivity index is 1.64. The number of carbonyl (C=O) groups excluding carboxylic acids is 1. The molecule has 0 spiro atoms. The molecular weight excluding hydrogens is 324 g/mol. The van der Waals surface area contributed by atoms with E-state index in [0.717, 1.165) is 35.5 Å². The van der Waals surface area contributed by atoms with Crippen LogP contribution >= 0.6 is 11.3 Å². The minimum Gasteiger partial charge on any atom is -0.497 e. The fourth-order valence-corrected chi connectivity index (χ4v) is 3.58. The van der Waals surface area contributed by atoms with Crippen molar-refractivity contribution in [1.82, 2.24) is 9.88 Å². The summed E-state index contributed by atoms with van der Waals surface area (Å²) in [5.41, 5.74) is 0.787. The van der Waals surface area contributed by atoms with E-state index in [1.54, 1.807) is 13.3 Å². The number of amides is 1. The standard InChI is InChI=1S/C18H16N2O3S/c1-22-12-3-5-13(6-4-12)23-15-7-8-19-14-11-16(24-17(14)15)18(21)20-9-2-10-20/h3-8,11H,2,9-10H2,1H3. The summed E-state index contributed by atoms with van der Waals surface area (Å²) in [6.45, 7) is 1.69. The number of hydrogen-bond acceptors (Lipinski definition) is 5. The third-order valence-electron chi connectivity index (χ3n) is 4.02. The van der Waals surface area contributed by atoms with Gasteiger partial charge >= 0.3 is 0 Å². The second-order valence-electron chi connectivity index (χ2n) is 5.56. The van der Waals surface area contributed by atoms with Gasteiger partial charge in [0.2, 0.25) is 0 Å². The zero-order valence-electron chi connectivity index (χ0n) is 13.2. The summed E-state index contributed by atoms with van der Waals surface area (Å²) < 4.78 is 12.0. The van der Waals surface area contributed by atoms with Crippen LogP contribution in [0.3, 0.4) is 0 Å². The second-order valence-corrected chi connectivity index (χ2v) is 6.61. The highest BCUT2D eigenvalue weighted by atomic mass is 32.1. The van der Waals surface area contributed by atoms with Crippen LogP contribution in [-0.2, 0) is 0 Å². The highest BCUT2D eigenvalue weighted by Crippen LogP contribution is 2.36. The zero-order chi connectivity index (χ0) is 16.5. The number of rotatable bonds is 4. The molecule has 0 unspecified atom stereocenters. The highest BCUT2D eigenvalue weighted by molar-refractivity contribution is 7.21. The molecule has 24 heavy (non-hydrogen) atoms. The second kappa shape index (κ2) is 6.13. The number of pyridine rings is 1. The Morgan fingerprint density at radius 1 is 1.17 bits per heavy atom. The number of nitrogens with zero attached hydrogens (tertiary/aromatic N) is 2. The molecule has 3 heterocycles. The summed E-state index contributed by atoms with van der Waals surface area (Å²) in [5.74, 6) is 2.28. The molecule has 122 valence electrons. The van der Waals surface area contributed by atoms with Crippen LogP contribution < -0.4 is 9.47 Å². The van der Waals surface area contributed by atoms with Crippen LogP contribution in [0.25, 0.3) is 10.2 Å². The van der Waals surface area contributed by atoms with Crippen LogP contribution in [0.4, 0.5) is 0 Å². The van der Waals surface area contributed by atoms with Crippen molar-refractivity contribution in [2.45, 2.75) is 6.42 Å². The predicted octanol–water partition coefficient (Wildman–Crippen LogP) is 3.94. The Bertz CT molecular complexity index is 885. The molecule has 4 rings (SSSR count). The fourth-order valence-electron chi connectivity index (χ4n) is 2.55. The molecule has 0 atom stereocenters. The Morgan fingerprint density at radius 3 is 2.58 bits per heavy atom. The van der Waals surface area contributed by atoms with E-state index in [9.17, 15) is 4.79 Å². The highest BCUT2D eigenvalue weighted by Gasteiger charge is 2.24. The van der Waals surface area contributed by atoms with Crippen LogP contribution in [0.2, 0.25) is 0 Å². The minimum absolute atomic E-state index is 0.0830. The molecule has 3 aromatic rings. The first-order valence-electron chi connectivity index (χ1n) is 7.74. The maximum atomic E-state index is 12.4. The van der Waals surface area contributed by atoms with Crippen LogP contribution in [0.5, 0.6) is 17.2 Å². The average Bonchev–Trinajstić information content (AvgIpc) is 2.99. The van der Waals surface area contributed by atoms with Crippen molar-refractivity contribution in [3.63, 3.8) is 0 Å². The van der Waals surface area contributed by atoms with E-state index >= 15 is 0 Å². The van der Waals surface area contributed by atoms with Crippen molar-refractivity contribution >= 4 is 27.5 Å². The molecule has 1 aliphatic heterocycles. The number of fused-ring (bicyclic) bond motifs is 1. The maximum Gasteiger partial charge on any atom is 0.264 e. The fraction of sp³-hybridized carbons (Fsp3) is 0.222. The molecule has 0 aliphatic carbocycles. The van der Waals surface area contributed by atoms with Crippen molar-refractivity contribution in [3.05, 3.63) is 47.5 Å². The number of ether oxygens (including phenoxy) is 2. The molecule has 1 fully saturated rings. The molecule has 1 saturated heterocycles. The number of likely N-dealkylation sites (tertiary alicyclic amines) is 1. The molecule has 1 amide bonds. The lowest BCUT2D eigenvalue weighted by atomic mass is 10.2. The summed E-state index contributed by atoms with van der Waals surface area (Å²) in [4.78, 5) is 19.3. The Labute approximate surface area is 143 Å². The van der Waals surface area contributed by atoms with Gasteiger partial charge in [0.05, 0.1) is 22.2 Å². The summed E-state index contributed by atoms with van der Waals surface area (Å²) in [6.07, 6.45) is 2.78. The topological polar surface area (TPSA) is 51.7 Å². The van der Waals surface area contributed by atoms with Crippen LogP contribution in [-0.4, -0.2) is 36.0 Å². The summed E-state index contributed by atoms with van der Waals surface area (Å²) in [6, 6.07) is 11.1. The van der Waals surface area contributed by atoms with Crippen molar-refractivity contribution in [3.8, 4) is 17.2 Å². The minimum atomic E-state index is 0.0830. The van der Waals surface area contributed by atoms with Gasteiger partial charge in [0.15, 0.2) is 0 Å². The largest absolute Gasteiger partial charge is 0.497 e. The van der Waals surface area contributed by atoms with E-state index in [2.05, 4.69) is 4.98 Å².